The van der Waals surface area contributed by atoms with Crippen LogP contribution in [-0.4, -0.2) is 13.2 Å². The second-order valence-electron chi connectivity index (χ2n) is 6.23. The van der Waals surface area contributed by atoms with Crippen LogP contribution >= 0.6 is 12.4 Å². The molecular formula is C20H25ClFNO2. The van der Waals surface area contributed by atoms with Gasteiger partial charge >= 0.3 is 0 Å². The first-order valence-electron chi connectivity index (χ1n) is 8.53. The molecule has 0 bridgehead atoms. The number of benzene rings is 2. The maximum Gasteiger partial charge on any atom is 0.161 e. The zero-order valence-corrected chi connectivity index (χ0v) is 15.3. The summed E-state index contributed by atoms with van der Waals surface area (Å²) in [6.45, 7) is 1.01. The van der Waals surface area contributed by atoms with E-state index in [1.54, 1.807) is 25.3 Å². The van der Waals surface area contributed by atoms with Crippen molar-refractivity contribution in [1.82, 2.24) is 5.32 Å². The molecule has 0 heterocycles. The van der Waals surface area contributed by atoms with Crippen LogP contribution < -0.4 is 14.8 Å². The van der Waals surface area contributed by atoms with Crippen molar-refractivity contribution in [2.75, 3.05) is 7.11 Å². The standard InChI is InChI=1S/C20H24FNO2.ClH/c1-23-20-12-15(13-22-17-7-3-4-8-17)10-11-19(20)24-14-16-6-2-5-9-18(16)21;/h2,5-6,9-12,17,22H,3-4,7-8,13-14H2,1H3;1H. The molecule has 5 heteroatoms. The first kappa shape index (κ1) is 19.5. The van der Waals surface area contributed by atoms with Gasteiger partial charge in [-0.05, 0) is 36.6 Å². The van der Waals surface area contributed by atoms with Crippen molar-refractivity contribution in [3.63, 3.8) is 0 Å². The summed E-state index contributed by atoms with van der Waals surface area (Å²) < 4.78 is 24.8. The predicted molar refractivity (Wildman–Crippen MR) is 100 cm³/mol. The fourth-order valence-electron chi connectivity index (χ4n) is 3.10. The smallest absolute Gasteiger partial charge is 0.161 e. The molecule has 0 spiro atoms. The first-order valence-corrected chi connectivity index (χ1v) is 8.53. The van der Waals surface area contributed by atoms with Crippen LogP contribution in [0.5, 0.6) is 11.5 Å². The van der Waals surface area contributed by atoms with Crippen molar-refractivity contribution >= 4 is 12.4 Å². The summed E-state index contributed by atoms with van der Waals surface area (Å²) in [5.74, 6) is 1.05. The highest BCUT2D eigenvalue weighted by Gasteiger charge is 2.14. The minimum Gasteiger partial charge on any atom is -0.493 e. The molecule has 3 nitrogen and oxygen atoms in total. The van der Waals surface area contributed by atoms with Crippen LogP contribution in [0.25, 0.3) is 0 Å². The SMILES string of the molecule is COc1cc(CNC2CCCC2)ccc1OCc1ccccc1F.Cl. The van der Waals surface area contributed by atoms with Crippen molar-refractivity contribution in [3.05, 3.63) is 59.4 Å². The second-order valence-corrected chi connectivity index (χ2v) is 6.23. The van der Waals surface area contributed by atoms with Gasteiger partial charge in [0.2, 0.25) is 0 Å². The number of hydrogen-bond donors (Lipinski definition) is 1. The van der Waals surface area contributed by atoms with Gasteiger partial charge in [-0.2, -0.15) is 0 Å². The summed E-state index contributed by atoms with van der Waals surface area (Å²) >= 11 is 0. The topological polar surface area (TPSA) is 30.5 Å². The zero-order chi connectivity index (χ0) is 16.8. The van der Waals surface area contributed by atoms with Crippen LogP contribution in [0.3, 0.4) is 0 Å². The number of hydrogen-bond acceptors (Lipinski definition) is 3. The van der Waals surface area contributed by atoms with Crippen molar-refractivity contribution in [1.29, 1.82) is 0 Å². The highest BCUT2D eigenvalue weighted by atomic mass is 35.5. The molecule has 1 aliphatic carbocycles. The Labute approximate surface area is 154 Å². The molecular weight excluding hydrogens is 341 g/mol. The largest absolute Gasteiger partial charge is 0.493 e. The fraction of sp³-hybridized carbons (Fsp3) is 0.400. The monoisotopic (exact) mass is 365 g/mol. The molecule has 0 aliphatic heterocycles. The molecule has 0 saturated heterocycles. The van der Waals surface area contributed by atoms with E-state index in [0.717, 1.165) is 12.1 Å². The van der Waals surface area contributed by atoms with Gasteiger partial charge < -0.3 is 14.8 Å². The van der Waals surface area contributed by atoms with Crippen LogP contribution in [0.4, 0.5) is 4.39 Å². The molecule has 1 aliphatic rings. The molecule has 0 amide bonds. The summed E-state index contributed by atoms with van der Waals surface area (Å²) in [6.07, 6.45) is 5.18. The van der Waals surface area contributed by atoms with Crippen LogP contribution in [0.1, 0.15) is 36.8 Å². The van der Waals surface area contributed by atoms with Crippen molar-refractivity contribution < 1.29 is 13.9 Å². The molecule has 1 saturated carbocycles. The van der Waals surface area contributed by atoms with Crippen LogP contribution in [0.15, 0.2) is 42.5 Å². The molecule has 2 aromatic carbocycles. The average molecular weight is 366 g/mol. The van der Waals surface area contributed by atoms with E-state index in [2.05, 4.69) is 5.32 Å². The van der Waals surface area contributed by atoms with E-state index in [-0.39, 0.29) is 24.8 Å². The van der Waals surface area contributed by atoms with Gasteiger partial charge in [0, 0.05) is 18.2 Å². The van der Waals surface area contributed by atoms with Gasteiger partial charge in [-0.25, -0.2) is 4.39 Å². The van der Waals surface area contributed by atoms with E-state index >= 15 is 0 Å². The molecule has 0 atom stereocenters. The Morgan fingerprint density at radius 1 is 1.08 bits per heavy atom. The lowest BCUT2D eigenvalue weighted by Crippen LogP contribution is -2.25. The third kappa shape index (κ3) is 5.35. The Kier molecular flexibility index (Phi) is 7.53. The second kappa shape index (κ2) is 9.64. The highest BCUT2D eigenvalue weighted by molar-refractivity contribution is 5.85. The van der Waals surface area contributed by atoms with Crippen molar-refractivity contribution in [2.45, 2.75) is 44.9 Å². The maximum atomic E-state index is 13.7. The summed E-state index contributed by atoms with van der Waals surface area (Å²) in [5, 5.41) is 3.59. The lowest BCUT2D eigenvalue weighted by molar-refractivity contribution is 0.279. The number of halogens is 2. The van der Waals surface area contributed by atoms with Gasteiger partial charge in [-0.1, -0.05) is 37.1 Å². The fourth-order valence-corrected chi connectivity index (χ4v) is 3.10. The summed E-state index contributed by atoms with van der Waals surface area (Å²) in [7, 11) is 1.62. The Bertz CT molecular complexity index is 674. The lowest BCUT2D eigenvalue weighted by Gasteiger charge is -2.15. The third-order valence-corrected chi connectivity index (χ3v) is 4.52. The summed E-state index contributed by atoms with van der Waals surface area (Å²) in [6, 6.07) is 13.2. The Hall–Kier alpha value is -1.78. The normalized spacial score (nSPS) is 14.2. The van der Waals surface area contributed by atoms with E-state index in [0.29, 0.717) is 23.1 Å². The Balaban J connectivity index is 0.00000225. The third-order valence-electron chi connectivity index (χ3n) is 4.52. The van der Waals surface area contributed by atoms with E-state index in [4.69, 9.17) is 9.47 Å². The number of ether oxygens (including phenoxy) is 2. The molecule has 3 rings (SSSR count). The maximum absolute atomic E-state index is 13.7. The molecule has 0 aromatic heterocycles. The quantitative estimate of drug-likeness (QED) is 0.759. The van der Waals surface area contributed by atoms with Crippen molar-refractivity contribution in [2.24, 2.45) is 0 Å². The van der Waals surface area contributed by atoms with Crippen LogP contribution in [0, 0.1) is 5.82 Å². The van der Waals surface area contributed by atoms with Crippen molar-refractivity contribution in [3.8, 4) is 11.5 Å². The molecule has 0 radical (unpaired) electrons. The minimum absolute atomic E-state index is 0. The molecule has 1 fully saturated rings. The van der Waals surface area contributed by atoms with Crippen LogP contribution in [0.2, 0.25) is 0 Å². The van der Waals surface area contributed by atoms with E-state index in [1.165, 1.54) is 31.7 Å². The molecule has 25 heavy (non-hydrogen) atoms. The van der Waals surface area contributed by atoms with Gasteiger partial charge in [0.1, 0.15) is 12.4 Å². The first-order chi connectivity index (χ1) is 11.8. The molecule has 0 unspecified atom stereocenters. The van der Waals surface area contributed by atoms with Gasteiger partial charge in [0.15, 0.2) is 11.5 Å². The van der Waals surface area contributed by atoms with E-state index < -0.39 is 0 Å². The minimum atomic E-state index is -0.256. The van der Waals surface area contributed by atoms with Crippen LogP contribution in [-0.2, 0) is 13.2 Å². The molecule has 1 N–H and O–H groups in total. The highest BCUT2D eigenvalue weighted by Crippen LogP contribution is 2.29. The molecule has 136 valence electrons. The van der Waals surface area contributed by atoms with Gasteiger partial charge in [-0.15, -0.1) is 12.4 Å². The Morgan fingerprint density at radius 3 is 2.56 bits per heavy atom. The van der Waals surface area contributed by atoms with E-state index in [1.807, 2.05) is 18.2 Å². The Morgan fingerprint density at radius 2 is 1.84 bits per heavy atom. The molecule has 2 aromatic rings. The summed E-state index contributed by atoms with van der Waals surface area (Å²) in [4.78, 5) is 0. The zero-order valence-electron chi connectivity index (χ0n) is 14.5. The number of rotatable bonds is 7. The summed E-state index contributed by atoms with van der Waals surface area (Å²) in [5.41, 5.74) is 1.70. The number of methoxy groups -OCH3 is 1. The van der Waals surface area contributed by atoms with Gasteiger partial charge in [-0.3, -0.25) is 0 Å². The van der Waals surface area contributed by atoms with Gasteiger partial charge in [0.25, 0.3) is 0 Å². The van der Waals surface area contributed by atoms with Gasteiger partial charge in [0.05, 0.1) is 7.11 Å². The number of nitrogens with one attached hydrogen (secondary N) is 1. The lowest BCUT2D eigenvalue weighted by atomic mass is 10.1. The van der Waals surface area contributed by atoms with E-state index in [9.17, 15) is 4.39 Å². The predicted octanol–water partition coefficient (Wildman–Crippen LogP) is 4.87. The average Bonchev–Trinajstić information content (AvgIpc) is 3.13.